The summed E-state index contributed by atoms with van der Waals surface area (Å²) in [5, 5.41) is 10.3. The molecule has 2 aromatic rings. The van der Waals surface area contributed by atoms with Gasteiger partial charge in [-0.3, -0.25) is 4.79 Å². The number of carbonyl (C=O) groups excluding carboxylic acids is 1. The van der Waals surface area contributed by atoms with Gasteiger partial charge in [0, 0.05) is 10.6 Å². The van der Waals surface area contributed by atoms with Crippen LogP contribution in [0.4, 0.5) is 0 Å². The number of hydrogen-bond acceptors (Lipinski definition) is 3. The first-order valence-electron chi connectivity index (χ1n) is 6.25. The lowest BCUT2D eigenvalue weighted by Crippen LogP contribution is -2.18. The van der Waals surface area contributed by atoms with Crippen molar-refractivity contribution in [2.24, 2.45) is 0 Å². The van der Waals surface area contributed by atoms with Crippen molar-refractivity contribution in [2.75, 3.05) is 6.61 Å². The summed E-state index contributed by atoms with van der Waals surface area (Å²) >= 11 is 5.94. The number of Topliss-reactive ketones (excluding diaryl/α,β-unsaturated/α-hetero) is 1. The number of ether oxygens (including phenoxy) is 1. The number of benzene rings is 2. The quantitative estimate of drug-likeness (QED) is 0.889. The van der Waals surface area contributed by atoms with Gasteiger partial charge >= 0.3 is 0 Å². The fourth-order valence-electron chi connectivity index (χ4n) is 1.79. The smallest absolute Gasteiger partial charge is 0.191 e. The van der Waals surface area contributed by atoms with Gasteiger partial charge in [-0.15, -0.1) is 0 Å². The lowest BCUT2D eigenvalue weighted by molar-refractivity contribution is -0.132. The maximum atomic E-state index is 11.9. The van der Waals surface area contributed by atoms with Gasteiger partial charge < -0.3 is 9.84 Å². The Morgan fingerprint density at radius 2 is 1.75 bits per heavy atom. The zero-order valence-electron chi connectivity index (χ0n) is 10.8. The van der Waals surface area contributed by atoms with Crippen LogP contribution in [0.2, 0.25) is 5.02 Å². The Morgan fingerprint density at radius 3 is 2.45 bits per heavy atom. The summed E-state index contributed by atoms with van der Waals surface area (Å²) in [6.07, 6.45) is -1.25. The van der Waals surface area contributed by atoms with E-state index in [-0.39, 0.29) is 6.61 Å². The predicted molar refractivity (Wildman–Crippen MR) is 77.5 cm³/mol. The van der Waals surface area contributed by atoms with E-state index in [0.29, 0.717) is 17.2 Å². The molecular weight excluding hydrogens is 276 g/mol. The normalized spacial score (nSPS) is 12.1. The lowest BCUT2D eigenvalue weighted by Gasteiger charge is -2.11. The Labute approximate surface area is 122 Å². The minimum absolute atomic E-state index is 0.152. The van der Waals surface area contributed by atoms with Crippen molar-refractivity contribution >= 4 is 17.4 Å². The highest BCUT2D eigenvalue weighted by Crippen LogP contribution is 2.23. The van der Waals surface area contributed by atoms with Crippen LogP contribution in [0.25, 0.3) is 0 Å². The molecule has 104 valence electrons. The minimum atomic E-state index is -1.25. The first-order chi connectivity index (χ1) is 9.68. The van der Waals surface area contributed by atoms with Crippen molar-refractivity contribution in [3.63, 3.8) is 0 Å². The molecule has 2 rings (SSSR count). The Hall–Kier alpha value is -1.68. The van der Waals surface area contributed by atoms with Gasteiger partial charge in [0.15, 0.2) is 5.78 Å². The summed E-state index contributed by atoms with van der Waals surface area (Å²) in [6, 6.07) is 16.3. The Kier molecular flexibility index (Phi) is 5.30. The average Bonchev–Trinajstić information content (AvgIpc) is 2.48. The highest BCUT2D eigenvalue weighted by molar-refractivity contribution is 6.31. The molecule has 3 nitrogen and oxygen atoms in total. The number of hydrogen-bond donors (Lipinski definition) is 1. The maximum Gasteiger partial charge on any atom is 0.191 e. The average molecular weight is 291 g/mol. The SMILES string of the molecule is O=C(COCc1ccccc1)C(O)c1ccccc1Cl. The van der Waals surface area contributed by atoms with Crippen molar-refractivity contribution in [2.45, 2.75) is 12.7 Å². The van der Waals surface area contributed by atoms with Crippen LogP contribution in [0.15, 0.2) is 54.6 Å². The van der Waals surface area contributed by atoms with E-state index in [4.69, 9.17) is 16.3 Å². The molecule has 0 aliphatic heterocycles. The summed E-state index contributed by atoms with van der Waals surface area (Å²) in [7, 11) is 0. The Morgan fingerprint density at radius 1 is 1.10 bits per heavy atom. The number of rotatable bonds is 6. The number of halogens is 1. The van der Waals surface area contributed by atoms with E-state index in [0.717, 1.165) is 5.56 Å². The van der Waals surface area contributed by atoms with Crippen LogP contribution in [-0.2, 0) is 16.1 Å². The second kappa shape index (κ2) is 7.20. The molecule has 0 amide bonds. The molecule has 0 spiro atoms. The number of aliphatic hydroxyl groups excluding tert-OH is 1. The van der Waals surface area contributed by atoms with E-state index >= 15 is 0 Å². The molecule has 0 radical (unpaired) electrons. The zero-order valence-corrected chi connectivity index (χ0v) is 11.6. The molecule has 0 aromatic heterocycles. The second-order valence-corrected chi connectivity index (χ2v) is 4.78. The number of aliphatic hydroxyl groups is 1. The van der Waals surface area contributed by atoms with Crippen molar-refractivity contribution in [1.82, 2.24) is 0 Å². The first kappa shape index (κ1) is 14.7. The molecule has 20 heavy (non-hydrogen) atoms. The van der Waals surface area contributed by atoms with Crippen LogP contribution in [-0.4, -0.2) is 17.5 Å². The van der Waals surface area contributed by atoms with Crippen molar-refractivity contribution in [3.05, 3.63) is 70.7 Å². The molecule has 1 unspecified atom stereocenters. The maximum absolute atomic E-state index is 11.9. The third-order valence-electron chi connectivity index (χ3n) is 2.86. The number of ketones is 1. The zero-order chi connectivity index (χ0) is 14.4. The van der Waals surface area contributed by atoms with E-state index in [1.807, 2.05) is 30.3 Å². The van der Waals surface area contributed by atoms with Crippen LogP contribution < -0.4 is 0 Å². The van der Waals surface area contributed by atoms with Gasteiger partial charge in [-0.25, -0.2) is 0 Å². The molecule has 0 saturated carbocycles. The second-order valence-electron chi connectivity index (χ2n) is 4.37. The number of carbonyl (C=O) groups is 1. The van der Waals surface area contributed by atoms with Crippen LogP contribution in [0.3, 0.4) is 0 Å². The summed E-state index contributed by atoms with van der Waals surface area (Å²) in [4.78, 5) is 11.9. The molecular formula is C16H15ClO3. The third-order valence-corrected chi connectivity index (χ3v) is 3.20. The molecule has 1 atom stereocenters. The fraction of sp³-hybridized carbons (Fsp3) is 0.188. The van der Waals surface area contributed by atoms with E-state index < -0.39 is 11.9 Å². The summed E-state index contributed by atoms with van der Waals surface area (Å²) in [5.74, 6) is -0.408. The molecule has 0 fully saturated rings. The van der Waals surface area contributed by atoms with Crippen molar-refractivity contribution < 1.29 is 14.6 Å². The van der Waals surface area contributed by atoms with Gasteiger partial charge in [0.2, 0.25) is 0 Å². The van der Waals surface area contributed by atoms with Gasteiger partial charge in [0.25, 0.3) is 0 Å². The van der Waals surface area contributed by atoms with Gasteiger partial charge in [-0.2, -0.15) is 0 Å². The predicted octanol–water partition coefficient (Wildman–Crippen LogP) is 3.16. The van der Waals surface area contributed by atoms with E-state index in [9.17, 15) is 9.90 Å². The highest BCUT2D eigenvalue weighted by atomic mass is 35.5. The minimum Gasteiger partial charge on any atom is -0.380 e. The van der Waals surface area contributed by atoms with Crippen LogP contribution in [0.5, 0.6) is 0 Å². The van der Waals surface area contributed by atoms with E-state index in [1.54, 1.807) is 24.3 Å². The fourth-order valence-corrected chi connectivity index (χ4v) is 2.03. The Balaban J connectivity index is 1.87. The lowest BCUT2D eigenvalue weighted by atomic mass is 10.1. The monoisotopic (exact) mass is 290 g/mol. The molecule has 0 heterocycles. The van der Waals surface area contributed by atoms with Gasteiger partial charge in [0.1, 0.15) is 12.7 Å². The molecule has 1 N–H and O–H groups in total. The molecule has 0 aliphatic carbocycles. The standard InChI is InChI=1S/C16H15ClO3/c17-14-9-5-4-8-13(14)16(19)15(18)11-20-10-12-6-2-1-3-7-12/h1-9,16,19H,10-11H2. The topological polar surface area (TPSA) is 46.5 Å². The molecule has 2 aromatic carbocycles. The van der Waals surface area contributed by atoms with E-state index in [1.165, 1.54) is 0 Å². The third kappa shape index (κ3) is 3.90. The molecule has 0 bridgehead atoms. The van der Waals surface area contributed by atoms with Crippen molar-refractivity contribution in [1.29, 1.82) is 0 Å². The van der Waals surface area contributed by atoms with Crippen LogP contribution >= 0.6 is 11.6 Å². The molecule has 0 aliphatic rings. The first-order valence-corrected chi connectivity index (χ1v) is 6.63. The van der Waals surface area contributed by atoms with Crippen molar-refractivity contribution in [3.8, 4) is 0 Å². The van der Waals surface area contributed by atoms with Crippen LogP contribution in [0.1, 0.15) is 17.2 Å². The summed E-state index contributed by atoms with van der Waals surface area (Å²) < 4.78 is 5.31. The Bertz CT molecular complexity index is 569. The summed E-state index contributed by atoms with van der Waals surface area (Å²) in [5.41, 5.74) is 1.38. The highest BCUT2D eigenvalue weighted by Gasteiger charge is 2.19. The molecule has 0 saturated heterocycles. The largest absolute Gasteiger partial charge is 0.380 e. The van der Waals surface area contributed by atoms with Gasteiger partial charge in [0.05, 0.1) is 6.61 Å². The van der Waals surface area contributed by atoms with E-state index in [2.05, 4.69) is 0 Å². The van der Waals surface area contributed by atoms with Gasteiger partial charge in [-0.1, -0.05) is 60.1 Å². The van der Waals surface area contributed by atoms with Crippen LogP contribution in [0, 0.1) is 0 Å². The molecule has 4 heteroatoms. The summed E-state index contributed by atoms with van der Waals surface area (Å²) in [6.45, 7) is 0.184. The van der Waals surface area contributed by atoms with Gasteiger partial charge in [-0.05, 0) is 11.6 Å².